The second-order valence-corrected chi connectivity index (χ2v) is 6.26. The van der Waals surface area contributed by atoms with Crippen molar-refractivity contribution >= 4 is 17.5 Å². The molecule has 0 saturated heterocycles. The van der Waals surface area contributed by atoms with Gasteiger partial charge < -0.3 is 10.1 Å². The molecule has 1 aromatic heterocycles. The van der Waals surface area contributed by atoms with Crippen molar-refractivity contribution in [3.8, 4) is 5.75 Å². The lowest BCUT2D eigenvalue weighted by Gasteiger charge is -2.10. The van der Waals surface area contributed by atoms with Gasteiger partial charge in [0.2, 0.25) is 0 Å². The predicted octanol–water partition coefficient (Wildman–Crippen LogP) is 3.42. The van der Waals surface area contributed by atoms with Gasteiger partial charge in [0.05, 0.1) is 17.3 Å². The summed E-state index contributed by atoms with van der Waals surface area (Å²) < 4.78 is 20.7. The molecule has 1 aromatic carbocycles. The van der Waals surface area contributed by atoms with Gasteiger partial charge in [-0.25, -0.2) is 4.39 Å². The van der Waals surface area contributed by atoms with E-state index in [-0.39, 0.29) is 23.2 Å². The van der Waals surface area contributed by atoms with Crippen LogP contribution in [0, 0.1) is 5.82 Å². The Bertz CT molecular complexity index is 748. The third-order valence-corrected chi connectivity index (χ3v) is 4.21. The van der Waals surface area contributed by atoms with E-state index in [9.17, 15) is 9.18 Å². The molecule has 1 heterocycles. The van der Waals surface area contributed by atoms with E-state index in [4.69, 9.17) is 16.3 Å². The molecule has 0 unspecified atom stereocenters. The van der Waals surface area contributed by atoms with Crippen molar-refractivity contribution < 1.29 is 13.9 Å². The number of carbonyl (C=O) groups excluding carboxylic acids is 1. The van der Waals surface area contributed by atoms with E-state index in [0.29, 0.717) is 23.8 Å². The van der Waals surface area contributed by atoms with Crippen molar-refractivity contribution in [3.05, 3.63) is 46.0 Å². The topological polar surface area (TPSA) is 56.1 Å². The number of benzene rings is 1. The SMILES string of the molecule is CCOc1c(F)cc(CNC(=O)c2cc(C3CC3)nn2C)cc1Cl. The molecular formula is C17H19ClFN3O2. The Morgan fingerprint density at radius 2 is 2.21 bits per heavy atom. The Morgan fingerprint density at radius 3 is 2.83 bits per heavy atom. The van der Waals surface area contributed by atoms with Crippen LogP contribution in [-0.2, 0) is 13.6 Å². The molecule has 0 aliphatic heterocycles. The highest BCUT2D eigenvalue weighted by molar-refractivity contribution is 6.32. The second-order valence-electron chi connectivity index (χ2n) is 5.86. The maximum Gasteiger partial charge on any atom is 0.269 e. The summed E-state index contributed by atoms with van der Waals surface area (Å²) in [6.45, 7) is 2.26. The number of aryl methyl sites for hydroxylation is 1. The van der Waals surface area contributed by atoms with E-state index in [0.717, 1.165) is 18.5 Å². The molecule has 2 aromatic rings. The molecule has 0 atom stereocenters. The molecule has 3 rings (SSSR count). The number of amides is 1. The summed E-state index contributed by atoms with van der Waals surface area (Å²) in [5.74, 6) is -0.265. The molecule has 1 N–H and O–H groups in total. The molecule has 5 nitrogen and oxygen atoms in total. The Morgan fingerprint density at radius 1 is 1.46 bits per heavy atom. The number of nitrogens with zero attached hydrogens (tertiary/aromatic N) is 2. The minimum atomic E-state index is -0.537. The molecule has 1 aliphatic rings. The van der Waals surface area contributed by atoms with Crippen LogP contribution in [0.4, 0.5) is 4.39 Å². The molecule has 1 saturated carbocycles. The molecule has 1 amide bonds. The summed E-state index contributed by atoms with van der Waals surface area (Å²) in [6.07, 6.45) is 2.25. The van der Waals surface area contributed by atoms with Crippen molar-refractivity contribution in [2.75, 3.05) is 6.61 Å². The summed E-state index contributed by atoms with van der Waals surface area (Å²) in [5.41, 5.74) is 2.02. The zero-order valence-electron chi connectivity index (χ0n) is 13.6. The van der Waals surface area contributed by atoms with E-state index in [1.165, 1.54) is 6.07 Å². The Labute approximate surface area is 144 Å². The van der Waals surface area contributed by atoms with Gasteiger partial charge in [-0.15, -0.1) is 0 Å². The van der Waals surface area contributed by atoms with Crippen LogP contribution in [-0.4, -0.2) is 22.3 Å². The third kappa shape index (κ3) is 3.53. The molecule has 1 fully saturated rings. The third-order valence-electron chi connectivity index (χ3n) is 3.93. The van der Waals surface area contributed by atoms with Gasteiger partial charge >= 0.3 is 0 Å². The van der Waals surface area contributed by atoms with Crippen LogP contribution in [0.25, 0.3) is 0 Å². The fraction of sp³-hybridized carbons (Fsp3) is 0.412. The van der Waals surface area contributed by atoms with Crippen LogP contribution in [0.15, 0.2) is 18.2 Å². The van der Waals surface area contributed by atoms with Crippen LogP contribution in [0.3, 0.4) is 0 Å². The number of rotatable bonds is 6. The predicted molar refractivity (Wildman–Crippen MR) is 88.9 cm³/mol. The Kier molecular flexibility index (Phi) is 4.76. The minimum absolute atomic E-state index is 0.0370. The monoisotopic (exact) mass is 351 g/mol. The smallest absolute Gasteiger partial charge is 0.269 e. The molecular weight excluding hydrogens is 333 g/mol. The lowest BCUT2D eigenvalue weighted by atomic mass is 10.2. The van der Waals surface area contributed by atoms with Crippen molar-refractivity contribution in [1.82, 2.24) is 15.1 Å². The van der Waals surface area contributed by atoms with Crippen LogP contribution in [0.5, 0.6) is 5.75 Å². The standard InChI is InChI=1S/C17H19ClFN3O2/c1-3-24-16-12(18)6-10(7-13(16)19)9-20-17(23)15-8-14(11-4-5-11)21-22(15)2/h6-8,11H,3-5,9H2,1-2H3,(H,20,23). The highest BCUT2D eigenvalue weighted by atomic mass is 35.5. The van der Waals surface area contributed by atoms with E-state index in [2.05, 4.69) is 10.4 Å². The molecule has 128 valence electrons. The Hall–Kier alpha value is -2.08. The van der Waals surface area contributed by atoms with Gasteiger partial charge in [0, 0.05) is 19.5 Å². The zero-order valence-corrected chi connectivity index (χ0v) is 14.4. The van der Waals surface area contributed by atoms with Gasteiger partial charge in [0.1, 0.15) is 5.69 Å². The second kappa shape index (κ2) is 6.81. The first kappa shape index (κ1) is 16.8. The van der Waals surface area contributed by atoms with Gasteiger partial charge in [-0.1, -0.05) is 11.6 Å². The number of carbonyl (C=O) groups is 1. The fourth-order valence-corrected chi connectivity index (χ4v) is 2.84. The number of aromatic nitrogens is 2. The quantitative estimate of drug-likeness (QED) is 0.867. The van der Waals surface area contributed by atoms with Crippen molar-refractivity contribution in [1.29, 1.82) is 0 Å². The van der Waals surface area contributed by atoms with Crippen LogP contribution >= 0.6 is 11.6 Å². The average Bonchev–Trinajstić information content (AvgIpc) is 3.31. The van der Waals surface area contributed by atoms with Crippen LogP contribution in [0.1, 0.15) is 47.4 Å². The summed E-state index contributed by atoms with van der Waals surface area (Å²) in [4.78, 5) is 12.3. The van der Waals surface area contributed by atoms with Gasteiger partial charge in [0.25, 0.3) is 5.91 Å². The molecule has 24 heavy (non-hydrogen) atoms. The maximum atomic E-state index is 14.0. The van der Waals surface area contributed by atoms with E-state index in [1.54, 1.807) is 24.7 Å². The first-order valence-corrected chi connectivity index (χ1v) is 8.30. The van der Waals surface area contributed by atoms with Gasteiger partial charge in [-0.2, -0.15) is 5.10 Å². The number of ether oxygens (including phenoxy) is 1. The van der Waals surface area contributed by atoms with Crippen molar-refractivity contribution in [2.45, 2.75) is 32.2 Å². The number of hydrogen-bond acceptors (Lipinski definition) is 3. The molecule has 0 spiro atoms. The molecule has 0 bridgehead atoms. The van der Waals surface area contributed by atoms with Gasteiger partial charge in [-0.3, -0.25) is 9.48 Å². The van der Waals surface area contributed by atoms with Crippen LogP contribution in [0.2, 0.25) is 5.02 Å². The van der Waals surface area contributed by atoms with Crippen molar-refractivity contribution in [3.63, 3.8) is 0 Å². The number of hydrogen-bond donors (Lipinski definition) is 1. The maximum absolute atomic E-state index is 14.0. The van der Waals surface area contributed by atoms with Gasteiger partial charge in [0.15, 0.2) is 11.6 Å². The number of nitrogens with one attached hydrogen (secondary N) is 1. The molecule has 7 heteroatoms. The van der Waals surface area contributed by atoms with Crippen LogP contribution < -0.4 is 10.1 Å². The summed E-state index contributed by atoms with van der Waals surface area (Å²) in [5, 5.41) is 7.33. The average molecular weight is 352 g/mol. The first-order chi connectivity index (χ1) is 11.5. The Balaban J connectivity index is 1.68. The molecule has 0 radical (unpaired) electrons. The lowest BCUT2D eigenvalue weighted by Crippen LogP contribution is -2.25. The van der Waals surface area contributed by atoms with Gasteiger partial charge in [-0.05, 0) is 43.5 Å². The summed E-state index contributed by atoms with van der Waals surface area (Å²) >= 11 is 6.02. The van der Waals surface area contributed by atoms with E-state index >= 15 is 0 Å². The fourth-order valence-electron chi connectivity index (χ4n) is 2.55. The van der Waals surface area contributed by atoms with Crippen molar-refractivity contribution in [2.24, 2.45) is 7.05 Å². The first-order valence-electron chi connectivity index (χ1n) is 7.92. The zero-order chi connectivity index (χ0) is 17.3. The minimum Gasteiger partial charge on any atom is -0.489 e. The highest BCUT2D eigenvalue weighted by Gasteiger charge is 2.28. The molecule has 1 aliphatic carbocycles. The highest BCUT2D eigenvalue weighted by Crippen LogP contribution is 2.39. The largest absolute Gasteiger partial charge is 0.489 e. The van der Waals surface area contributed by atoms with E-state index < -0.39 is 5.82 Å². The number of halogens is 2. The summed E-state index contributed by atoms with van der Waals surface area (Å²) in [7, 11) is 1.74. The van der Waals surface area contributed by atoms with E-state index in [1.807, 2.05) is 6.07 Å². The summed E-state index contributed by atoms with van der Waals surface area (Å²) in [6, 6.07) is 4.73. The lowest BCUT2D eigenvalue weighted by molar-refractivity contribution is 0.0941. The normalized spacial score (nSPS) is 13.8.